The number of hydrogen-bond donors (Lipinski definition) is 0. The van der Waals surface area contributed by atoms with E-state index in [1.807, 2.05) is 13.8 Å². The highest BCUT2D eigenvalue weighted by molar-refractivity contribution is 5.83. The minimum absolute atomic E-state index is 0.0456. The Hall–Kier alpha value is -3.43. The number of nitrogens with zero attached hydrogens (tertiary/aromatic N) is 4. The molecule has 10 heteroatoms. The van der Waals surface area contributed by atoms with Gasteiger partial charge in [0.15, 0.2) is 17.8 Å². The Morgan fingerprint density at radius 1 is 1.13 bits per heavy atom. The molecule has 0 radical (unpaired) electrons. The monoisotopic (exact) mass is 422 g/mol. The van der Waals surface area contributed by atoms with E-state index >= 15 is 0 Å². The molecule has 0 N–H and O–H groups in total. The van der Waals surface area contributed by atoms with Gasteiger partial charge in [0.25, 0.3) is 0 Å². The number of aromatic nitrogens is 4. The van der Waals surface area contributed by atoms with Crippen molar-refractivity contribution in [2.75, 3.05) is 7.11 Å². The van der Waals surface area contributed by atoms with Crippen LogP contribution in [-0.2, 0) is 13.2 Å². The molecule has 0 aliphatic carbocycles. The number of pyridine rings is 2. The first-order valence-electron chi connectivity index (χ1n) is 9.05. The summed E-state index contributed by atoms with van der Waals surface area (Å²) in [6.45, 7) is 2.72. The topological polar surface area (TPSA) is 79.1 Å². The van der Waals surface area contributed by atoms with Crippen LogP contribution in [0.5, 0.6) is 11.5 Å². The van der Waals surface area contributed by atoms with Crippen LogP contribution in [0, 0.1) is 0 Å². The maximum atomic E-state index is 12.8. The van der Waals surface area contributed by atoms with Gasteiger partial charge >= 0.3 is 6.18 Å². The molecule has 0 fully saturated rings. The van der Waals surface area contributed by atoms with E-state index in [1.165, 1.54) is 38.0 Å². The van der Waals surface area contributed by atoms with Gasteiger partial charge in [0.1, 0.15) is 18.7 Å². The minimum atomic E-state index is -4.42. The summed E-state index contributed by atoms with van der Waals surface area (Å²) >= 11 is 0. The van der Waals surface area contributed by atoms with E-state index in [4.69, 9.17) is 9.47 Å². The summed E-state index contributed by atoms with van der Waals surface area (Å²) in [6.07, 6.45) is 1.64. The third-order valence-electron chi connectivity index (χ3n) is 3.81. The number of aldehydes is 1. The van der Waals surface area contributed by atoms with E-state index < -0.39 is 12.7 Å². The second kappa shape index (κ2) is 10.4. The van der Waals surface area contributed by atoms with Crippen LogP contribution >= 0.6 is 0 Å². The van der Waals surface area contributed by atoms with Gasteiger partial charge in [-0.2, -0.15) is 18.3 Å². The van der Waals surface area contributed by atoms with Crippen LogP contribution in [0.2, 0.25) is 0 Å². The van der Waals surface area contributed by atoms with Gasteiger partial charge in [-0.1, -0.05) is 19.9 Å². The van der Waals surface area contributed by atoms with Gasteiger partial charge in [-0.15, -0.1) is 0 Å². The van der Waals surface area contributed by atoms with Gasteiger partial charge in [-0.05, 0) is 12.1 Å². The van der Waals surface area contributed by atoms with Crippen LogP contribution in [0.4, 0.5) is 13.2 Å². The maximum absolute atomic E-state index is 12.8. The number of carbonyl (C=O) groups excluding carboxylic acids is 1. The Balaban J connectivity index is 0.00000155. The van der Waals surface area contributed by atoms with E-state index in [0.717, 1.165) is 4.68 Å². The SMILES string of the molecule is CC.COc1cncc(OCc2cccnc2-c2ccnn2CC(F)(F)F)c1C=O. The molecule has 3 rings (SSSR count). The lowest BCUT2D eigenvalue weighted by molar-refractivity contribution is -0.142. The molecule has 30 heavy (non-hydrogen) atoms. The second-order valence-corrected chi connectivity index (χ2v) is 5.66. The molecule has 0 aliphatic heterocycles. The smallest absolute Gasteiger partial charge is 0.408 e. The molecule has 0 saturated carbocycles. The first-order chi connectivity index (χ1) is 14.4. The molecule has 160 valence electrons. The van der Waals surface area contributed by atoms with Crippen molar-refractivity contribution in [3.8, 4) is 22.9 Å². The summed E-state index contributed by atoms with van der Waals surface area (Å²) in [6, 6.07) is 4.75. The molecule has 7 nitrogen and oxygen atoms in total. The van der Waals surface area contributed by atoms with Crippen molar-refractivity contribution in [1.82, 2.24) is 19.7 Å². The molecule has 0 spiro atoms. The highest BCUT2D eigenvalue weighted by Gasteiger charge is 2.30. The molecule has 0 bridgehead atoms. The number of methoxy groups -OCH3 is 1. The lowest BCUT2D eigenvalue weighted by Crippen LogP contribution is -2.19. The van der Waals surface area contributed by atoms with Gasteiger partial charge in [-0.3, -0.25) is 19.4 Å². The van der Waals surface area contributed by atoms with Crippen LogP contribution in [0.1, 0.15) is 29.8 Å². The standard InChI is InChI=1S/C18H15F3N4O3.C2H6/c1-27-15-7-22-8-16(13(15)9-26)28-10-12-3-2-5-23-17(12)14-4-6-24-25(14)11-18(19,20)21;1-2/h2-9H,10-11H2,1H3;1-2H3. The fourth-order valence-electron chi connectivity index (χ4n) is 2.60. The summed E-state index contributed by atoms with van der Waals surface area (Å²) in [5, 5.41) is 3.73. The van der Waals surface area contributed by atoms with Crippen LogP contribution in [0.25, 0.3) is 11.4 Å². The van der Waals surface area contributed by atoms with Crippen LogP contribution in [0.3, 0.4) is 0 Å². The first-order valence-corrected chi connectivity index (χ1v) is 9.05. The van der Waals surface area contributed by atoms with E-state index in [2.05, 4.69) is 15.1 Å². The Morgan fingerprint density at radius 2 is 1.87 bits per heavy atom. The molecule has 0 amide bonds. The van der Waals surface area contributed by atoms with Crippen LogP contribution < -0.4 is 9.47 Å². The zero-order valence-electron chi connectivity index (χ0n) is 16.7. The van der Waals surface area contributed by atoms with Gasteiger partial charge < -0.3 is 9.47 Å². The zero-order chi connectivity index (χ0) is 22.1. The largest absolute Gasteiger partial charge is 0.494 e. The Morgan fingerprint density at radius 3 is 2.53 bits per heavy atom. The molecule has 0 saturated heterocycles. The van der Waals surface area contributed by atoms with E-state index in [0.29, 0.717) is 17.5 Å². The fourth-order valence-corrected chi connectivity index (χ4v) is 2.60. The van der Waals surface area contributed by atoms with Gasteiger partial charge in [0, 0.05) is 18.0 Å². The Labute approximate surface area is 171 Å². The van der Waals surface area contributed by atoms with Crippen molar-refractivity contribution in [3.05, 3.63) is 54.1 Å². The number of hydrogen-bond acceptors (Lipinski definition) is 6. The van der Waals surface area contributed by atoms with Crippen molar-refractivity contribution in [2.45, 2.75) is 33.2 Å². The van der Waals surface area contributed by atoms with E-state index in [9.17, 15) is 18.0 Å². The molecule has 0 unspecified atom stereocenters. The normalized spacial score (nSPS) is 10.7. The van der Waals surface area contributed by atoms with Gasteiger partial charge in [0.05, 0.1) is 30.9 Å². The maximum Gasteiger partial charge on any atom is 0.408 e. The van der Waals surface area contributed by atoms with Crippen molar-refractivity contribution in [2.24, 2.45) is 0 Å². The van der Waals surface area contributed by atoms with Crippen molar-refractivity contribution in [3.63, 3.8) is 0 Å². The van der Waals surface area contributed by atoms with Crippen molar-refractivity contribution in [1.29, 1.82) is 0 Å². The molecule has 0 aromatic carbocycles. The predicted octanol–water partition coefficient (Wildman–Crippen LogP) is 4.33. The predicted molar refractivity (Wildman–Crippen MR) is 103 cm³/mol. The van der Waals surface area contributed by atoms with Crippen molar-refractivity contribution < 1.29 is 27.4 Å². The first kappa shape index (κ1) is 22.9. The minimum Gasteiger partial charge on any atom is -0.494 e. The Kier molecular flexibility index (Phi) is 7.90. The number of halogens is 3. The molecular formula is C20H21F3N4O3. The molecule has 3 heterocycles. The third kappa shape index (κ3) is 5.56. The lowest BCUT2D eigenvalue weighted by Gasteiger charge is -2.14. The quantitative estimate of drug-likeness (QED) is 0.528. The number of alkyl halides is 3. The number of carbonyl (C=O) groups is 1. The zero-order valence-corrected chi connectivity index (χ0v) is 16.7. The molecular weight excluding hydrogens is 401 g/mol. The highest BCUT2D eigenvalue weighted by atomic mass is 19.4. The molecule has 0 aliphatic rings. The summed E-state index contributed by atoms with van der Waals surface area (Å²) in [4.78, 5) is 19.5. The van der Waals surface area contributed by atoms with Gasteiger partial charge in [-0.25, -0.2) is 0 Å². The van der Waals surface area contributed by atoms with Crippen LogP contribution in [-0.4, -0.2) is 39.3 Å². The average Bonchev–Trinajstić information content (AvgIpc) is 3.19. The summed E-state index contributed by atoms with van der Waals surface area (Å²) in [7, 11) is 1.40. The Bertz CT molecular complexity index is 974. The number of rotatable bonds is 7. The average molecular weight is 422 g/mol. The highest BCUT2D eigenvalue weighted by Crippen LogP contribution is 2.28. The third-order valence-corrected chi connectivity index (χ3v) is 3.81. The molecule has 3 aromatic rings. The summed E-state index contributed by atoms with van der Waals surface area (Å²) in [5.74, 6) is 0.440. The second-order valence-electron chi connectivity index (χ2n) is 5.66. The summed E-state index contributed by atoms with van der Waals surface area (Å²) in [5.41, 5.74) is 1.21. The van der Waals surface area contributed by atoms with Gasteiger partial charge in [0.2, 0.25) is 0 Å². The number of ether oxygens (including phenoxy) is 2. The van der Waals surface area contributed by atoms with E-state index in [1.54, 1.807) is 12.1 Å². The fraction of sp³-hybridized carbons (Fsp3) is 0.300. The molecule has 0 atom stereocenters. The van der Waals surface area contributed by atoms with E-state index in [-0.39, 0.29) is 29.4 Å². The van der Waals surface area contributed by atoms with Crippen molar-refractivity contribution >= 4 is 6.29 Å². The lowest BCUT2D eigenvalue weighted by atomic mass is 10.1. The van der Waals surface area contributed by atoms with Crippen LogP contribution in [0.15, 0.2) is 43.0 Å². The molecule has 3 aromatic heterocycles. The summed E-state index contributed by atoms with van der Waals surface area (Å²) < 4.78 is 49.9.